The number of nitrogens with one attached hydrogen (secondary N) is 2. The molecule has 4 aromatic heterocycles. The molecule has 3 N–H and O–H groups in total. The van der Waals surface area contributed by atoms with Gasteiger partial charge in [-0.15, -0.1) is 5.48 Å². The lowest BCUT2D eigenvalue weighted by atomic mass is 9.91. The smallest absolute Gasteiger partial charge is 0.396 e. The Morgan fingerprint density at radius 3 is 2.48 bits per heavy atom. The largest absolute Gasteiger partial charge is 0.427 e. The molecule has 0 bridgehead atoms. The van der Waals surface area contributed by atoms with Crippen LogP contribution in [0.25, 0.3) is 39.0 Å². The van der Waals surface area contributed by atoms with Gasteiger partial charge in [0.25, 0.3) is 5.91 Å². The second-order valence-electron chi connectivity index (χ2n) is 17.1. The van der Waals surface area contributed by atoms with E-state index in [9.17, 15) is 14.7 Å². The zero-order valence-electron chi connectivity index (χ0n) is 34.5. The number of nitrogens with zero attached hydrogens (tertiary/aromatic N) is 8. The van der Waals surface area contributed by atoms with Gasteiger partial charge >= 0.3 is 11.8 Å². The molecule has 1 aliphatic carbocycles. The number of aliphatic hydroxyl groups is 1. The van der Waals surface area contributed by atoms with Gasteiger partial charge in [-0.1, -0.05) is 6.07 Å². The number of ether oxygens (including phenoxy) is 1. The Hall–Kier alpha value is -6.56. The van der Waals surface area contributed by atoms with E-state index in [4.69, 9.17) is 14.7 Å². The molecule has 4 aliphatic rings. The Balaban J connectivity index is 1.03. The summed E-state index contributed by atoms with van der Waals surface area (Å²) in [5, 5.41) is 24.6. The lowest BCUT2D eigenvalue weighted by molar-refractivity contribution is 0.0705. The number of amides is 2. The summed E-state index contributed by atoms with van der Waals surface area (Å²) in [5.74, 6) is -0.0846. The number of fused-ring (bicyclic) bond motifs is 3. The molecule has 318 valence electrons. The Kier molecular flexibility index (Phi) is 8.82. The molecular formula is C45H45FN10O6. The van der Waals surface area contributed by atoms with Crippen LogP contribution in [0.3, 0.4) is 0 Å². The van der Waals surface area contributed by atoms with Crippen molar-refractivity contribution in [3.63, 3.8) is 0 Å². The van der Waals surface area contributed by atoms with E-state index in [0.717, 1.165) is 40.3 Å². The molecule has 3 fully saturated rings. The number of hydrogen-bond donors (Lipinski definition) is 3. The van der Waals surface area contributed by atoms with Gasteiger partial charge in [0, 0.05) is 80.0 Å². The SMILES string of the molecule is Cc1cc(-n2nc3c(c2-n2ccn(-c4ccc5c(cnn5C)c4)c2=O)CN(C(=O)c2cc4cc(C5CCOCC5)ccc4n2[C@@]2(C4NOC(=O)N4)C[C@@H]2CO)CC3)cc(C)c1F. The van der Waals surface area contributed by atoms with Crippen molar-refractivity contribution in [3.8, 4) is 17.2 Å². The fourth-order valence-corrected chi connectivity index (χ4v) is 10.2. The number of aryl methyl sites for hydroxylation is 3. The molecule has 3 aliphatic heterocycles. The van der Waals surface area contributed by atoms with E-state index in [1.165, 1.54) is 10.1 Å². The molecule has 1 unspecified atom stereocenters. The predicted molar refractivity (Wildman–Crippen MR) is 225 cm³/mol. The first-order valence-electron chi connectivity index (χ1n) is 21.0. The molecule has 16 nitrogen and oxygen atoms in total. The van der Waals surface area contributed by atoms with E-state index >= 15 is 9.18 Å². The minimum Gasteiger partial charge on any atom is -0.396 e. The van der Waals surface area contributed by atoms with E-state index in [1.807, 2.05) is 41.9 Å². The molecule has 0 radical (unpaired) electrons. The molecular weight excluding hydrogens is 796 g/mol. The van der Waals surface area contributed by atoms with Crippen LogP contribution in [0, 0.1) is 25.6 Å². The average Bonchev–Trinajstić information content (AvgIpc) is 3.85. The zero-order valence-corrected chi connectivity index (χ0v) is 34.5. The fourth-order valence-electron chi connectivity index (χ4n) is 10.2. The Labute approximate surface area is 354 Å². The number of carbonyl (C=O) groups excluding carboxylic acids is 2. The number of hydroxylamine groups is 1. The van der Waals surface area contributed by atoms with Crippen molar-refractivity contribution in [1.29, 1.82) is 0 Å². The van der Waals surface area contributed by atoms with Crippen molar-refractivity contribution >= 4 is 33.8 Å². The first-order chi connectivity index (χ1) is 30.0. The topological polar surface area (TPSA) is 168 Å². The van der Waals surface area contributed by atoms with Gasteiger partial charge in [0.2, 0.25) is 0 Å². The van der Waals surface area contributed by atoms with E-state index in [-0.39, 0.29) is 36.5 Å². The van der Waals surface area contributed by atoms with Gasteiger partial charge in [-0.2, -0.15) is 10.2 Å². The molecule has 2 saturated heterocycles. The molecule has 17 heteroatoms. The number of aliphatic hydroxyl groups excluding tert-OH is 1. The Bertz CT molecular complexity index is 3020. The summed E-state index contributed by atoms with van der Waals surface area (Å²) in [6.45, 7) is 5.07. The van der Waals surface area contributed by atoms with Crippen LogP contribution in [0.5, 0.6) is 0 Å². The minimum absolute atomic E-state index is 0.120. The van der Waals surface area contributed by atoms with Crippen LogP contribution in [0.2, 0.25) is 0 Å². The van der Waals surface area contributed by atoms with Crippen molar-refractivity contribution in [3.05, 3.63) is 123 Å². The molecule has 3 atom stereocenters. The van der Waals surface area contributed by atoms with Gasteiger partial charge < -0.3 is 24.1 Å². The van der Waals surface area contributed by atoms with Crippen LogP contribution in [-0.4, -0.2) is 87.8 Å². The van der Waals surface area contributed by atoms with Gasteiger partial charge in [-0.3, -0.25) is 23.9 Å². The van der Waals surface area contributed by atoms with E-state index in [1.54, 1.807) is 63.4 Å². The van der Waals surface area contributed by atoms with Gasteiger partial charge in [0.1, 0.15) is 23.5 Å². The predicted octanol–water partition coefficient (Wildman–Crippen LogP) is 4.78. The molecule has 1 saturated carbocycles. The van der Waals surface area contributed by atoms with Gasteiger partial charge in [0.15, 0.2) is 0 Å². The van der Waals surface area contributed by atoms with Gasteiger partial charge in [-0.05, 0) is 104 Å². The maximum atomic E-state index is 15.3. The highest BCUT2D eigenvalue weighted by atomic mass is 19.1. The standard InChI is InChI=1S/C45H45FN10O6/c1-25-16-33(17-26(2)39(25)46)56-40(54-13-12-53(44(54)60)32-5-7-36-30(19-32)22-47-51(36)3)34-23-52(11-8-35(34)49-56)41(58)38-20-29-18-28(27-9-14-61-15-10-27)4-6-37(29)55(38)45(21-31(45)24-57)42-48-43(59)62-50-42/h4-7,12-13,16-20,22,27,31,42,50,57H,8-11,14-15,21,23-24H2,1-3H3,(H,48,59)/t31-,42?,45+/m1/s1. The van der Waals surface area contributed by atoms with E-state index in [0.29, 0.717) is 78.1 Å². The second kappa shape index (κ2) is 14.3. The molecule has 62 heavy (non-hydrogen) atoms. The number of imidazole rings is 1. The van der Waals surface area contributed by atoms with Crippen molar-refractivity contribution in [2.45, 2.75) is 63.7 Å². The number of rotatable bonds is 8. The third-order valence-electron chi connectivity index (χ3n) is 13.5. The van der Waals surface area contributed by atoms with Gasteiger partial charge in [0.05, 0.1) is 40.9 Å². The molecule has 0 spiro atoms. The average molecular weight is 841 g/mol. The molecule has 2 amide bonds. The summed E-state index contributed by atoms with van der Waals surface area (Å²) in [6, 6.07) is 17.3. The molecule has 11 rings (SSSR count). The third kappa shape index (κ3) is 5.85. The number of hydrogen-bond acceptors (Lipinski definition) is 9. The highest BCUT2D eigenvalue weighted by molar-refractivity contribution is 5.99. The first-order valence-corrected chi connectivity index (χ1v) is 21.0. The van der Waals surface area contributed by atoms with Gasteiger partial charge in [-0.25, -0.2) is 18.7 Å². The monoisotopic (exact) mass is 840 g/mol. The number of aromatic nitrogens is 7. The second-order valence-corrected chi connectivity index (χ2v) is 17.1. The van der Waals surface area contributed by atoms with Crippen LogP contribution >= 0.6 is 0 Å². The summed E-state index contributed by atoms with van der Waals surface area (Å²) in [7, 11) is 1.86. The van der Waals surface area contributed by atoms with Crippen molar-refractivity contribution < 1.29 is 28.7 Å². The lowest BCUT2D eigenvalue weighted by Crippen LogP contribution is -2.49. The Morgan fingerprint density at radius 2 is 1.74 bits per heavy atom. The normalized spacial score (nSPS) is 21.4. The van der Waals surface area contributed by atoms with Crippen molar-refractivity contribution in [2.24, 2.45) is 13.0 Å². The summed E-state index contributed by atoms with van der Waals surface area (Å²) >= 11 is 0. The van der Waals surface area contributed by atoms with E-state index in [2.05, 4.69) is 28.0 Å². The van der Waals surface area contributed by atoms with E-state index < -0.39 is 17.8 Å². The van der Waals surface area contributed by atoms with Crippen molar-refractivity contribution in [1.82, 2.24) is 49.0 Å². The minimum atomic E-state index is -0.905. The quantitative estimate of drug-likeness (QED) is 0.195. The summed E-state index contributed by atoms with van der Waals surface area (Å²) in [4.78, 5) is 49.2. The van der Waals surface area contributed by atoms with Crippen LogP contribution in [0.1, 0.15) is 63.6 Å². The molecule has 7 aromatic rings. The summed E-state index contributed by atoms with van der Waals surface area (Å²) in [5.41, 5.74) is 8.38. The maximum absolute atomic E-state index is 15.3. The highest BCUT2D eigenvalue weighted by Gasteiger charge is 2.64. The maximum Gasteiger partial charge on any atom is 0.427 e. The molecule has 7 heterocycles. The third-order valence-corrected chi connectivity index (χ3v) is 13.5. The highest BCUT2D eigenvalue weighted by Crippen LogP contribution is 2.55. The summed E-state index contributed by atoms with van der Waals surface area (Å²) in [6.07, 6.45) is 6.49. The molecule has 3 aromatic carbocycles. The van der Waals surface area contributed by atoms with Crippen LogP contribution in [0.15, 0.2) is 78.0 Å². The number of halogens is 1. The lowest BCUT2D eigenvalue weighted by Gasteiger charge is -2.31. The fraction of sp³-hybridized carbons (Fsp3) is 0.356. The zero-order chi connectivity index (χ0) is 42.6. The van der Waals surface area contributed by atoms with Crippen LogP contribution in [-0.2, 0) is 35.1 Å². The number of carbonyl (C=O) groups is 2. The van der Waals surface area contributed by atoms with Crippen molar-refractivity contribution in [2.75, 3.05) is 26.4 Å². The van der Waals surface area contributed by atoms with Crippen LogP contribution in [0.4, 0.5) is 9.18 Å². The first kappa shape index (κ1) is 38.4. The summed E-state index contributed by atoms with van der Waals surface area (Å²) < 4.78 is 29.2. The Morgan fingerprint density at radius 1 is 0.968 bits per heavy atom. The number of benzene rings is 3. The van der Waals surface area contributed by atoms with Crippen LogP contribution < -0.4 is 16.5 Å².